The molecular weight excluding hydrogens is 292 g/mol. The molecule has 0 aliphatic heterocycles. The molecule has 1 rings (SSSR count). The Bertz CT molecular complexity index is 426. The van der Waals surface area contributed by atoms with Gasteiger partial charge < -0.3 is 25.8 Å². The molecule has 0 saturated carbocycles. The number of hydrogen-bond acceptors (Lipinski definition) is 7. The lowest BCUT2D eigenvalue weighted by Crippen LogP contribution is -2.25. The molecule has 0 radical (unpaired) electrons. The summed E-state index contributed by atoms with van der Waals surface area (Å²) in [6.07, 6.45) is 1.78. The summed E-state index contributed by atoms with van der Waals surface area (Å²) in [5, 5.41) is 6.50. The smallest absolute Gasteiger partial charge is 0.265 e. The lowest BCUT2D eigenvalue weighted by molar-refractivity contribution is 0.0946. The van der Waals surface area contributed by atoms with Gasteiger partial charge in [-0.3, -0.25) is 4.79 Å². The van der Waals surface area contributed by atoms with Gasteiger partial charge in [-0.25, -0.2) is 4.98 Å². The number of rotatable bonds is 11. The predicted molar refractivity (Wildman–Crippen MR) is 85.0 cm³/mol. The Labute approximate surface area is 129 Å². The predicted octanol–water partition coefficient (Wildman–Crippen LogP) is 1.33. The van der Waals surface area contributed by atoms with Gasteiger partial charge in [-0.15, -0.1) is 0 Å². The molecule has 0 bridgehead atoms. The number of carbonyl (C=O) groups is 1. The van der Waals surface area contributed by atoms with Gasteiger partial charge in [0, 0.05) is 33.4 Å². The lowest BCUT2D eigenvalue weighted by atomic mass is 10.4. The number of thiazole rings is 1. The van der Waals surface area contributed by atoms with Gasteiger partial charge in [-0.2, -0.15) is 0 Å². The van der Waals surface area contributed by atoms with Crippen molar-refractivity contribution < 1.29 is 14.3 Å². The maximum atomic E-state index is 12.0. The minimum absolute atomic E-state index is 0.194. The van der Waals surface area contributed by atoms with E-state index in [2.05, 4.69) is 22.5 Å². The minimum atomic E-state index is -0.194. The maximum Gasteiger partial charge on any atom is 0.265 e. The first-order valence-electron chi connectivity index (χ1n) is 7.04. The molecule has 0 atom stereocenters. The normalized spacial score (nSPS) is 10.6. The van der Waals surface area contributed by atoms with Crippen LogP contribution in [0.3, 0.4) is 0 Å². The van der Waals surface area contributed by atoms with Crippen LogP contribution >= 0.6 is 11.3 Å². The van der Waals surface area contributed by atoms with Gasteiger partial charge >= 0.3 is 0 Å². The Kier molecular flexibility index (Phi) is 8.72. The first kappa shape index (κ1) is 17.7. The van der Waals surface area contributed by atoms with Crippen molar-refractivity contribution in [2.24, 2.45) is 0 Å². The van der Waals surface area contributed by atoms with E-state index in [0.29, 0.717) is 36.3 Å². The summed E-state index contributed by atoms with van der Waals surface area (Å²) in [6.45, 7) is 5.22. The van der Waals surface area contributed by atoms with Crippen molar-refractivity contribution >= 4 is 28.2 Å². The number of amides is 1. The summed E-state index contributed by atoms with van der Waals surface area (Å²) in [5.74, 6) is 0.0555. The number of hydrogen-bond donors (Lipinski definition) is 3. The van der Waals surface area contributed by atoms with Crippen molar-refractivity contribution in [3.05, 3.63) is 4.88 Å². The third-order valence-electron chi connectivity index (χ3n) is 2.54. The van der Waals surface area contributed by atoms with Gasteiger partial charge in [0.1, 0.15) is 10.7 Å². The topological polar surface area (TPSA) is 98.5 Å². The largest absolute Gasteiger partial charge is 0.383 e. The van der Waals surface area contributed by atoms with E-state index in [1.165, 1.54) is 11.3 Å². The molecule has 21 heavy (non-hydrogen) atoms. The Hall–Kier alpha value is -1.38. The van der Waals surface area contributed by atoms with Gasteiger partial charge in [-0.05, 0) is 12.8 Å². The van der Waals surface area contributed by atoms with E-state index in [-0.39, 0.29) is 11.7 Å². The van der Waals surface area contributed by atoms with Crippen LogP contribution in [0.15, 0.2) is 0 Å². The molecule has 0 fully saturated rings. The SMILES string of the molecule is CCCOCCCNC(=O)c1sc(NCCOC)nc1N. The van der Waals surface area contributed by atoms with E-state index in [1.807, 2.05) is 0 Å². The first-order chi connectivity index (χ1) is 10.2. The average Bonchev–Trinajstić information content (AvgIpc) is 2.84. The molecule has 1 heterocycles. The lowest BCUT2D eigenvalue weighted by Gasteiger charge is -2.04. The molecule has 0 saturated heterocycles. The molecule has 7 nitrogen and oxygen atoms in total. The van der Waals surface area contributed by atoms with E-state index in [1.54, 1.807) is 7.11 Å². The summed E-state index contributed by atoms with van der Waals surface area (Å²) < 4.78 is 10.3. The van der Waals surface area contributed by atoms with Crippen LogP contribution in [0.4, 0.5) is 10.9 Å². The van der Waals surface area contributed by atoms with Crippen LogP contribution < -0.4 is 16.4 Å². The Morgan fingerprint density at radius 3 is 2.86 bits per heavy atom. The van der Waals surface area contributed by atoms with Gasteiger partial charge in [0.25, 0.3) is 5.91 Å². The van der Waals surface area contributed by atoms with Crippen LogP contribution in [0.1, 0.15) is 29.4 Å². The fourth-order valence-corrected chi connectivity index (χ4v) is 2.36. The second-order valence-electron chi connectivity index (χ2n) is 4.37. The second kappa shape index (κ2) is 10.4. The standard InChI is InChI=1S/C13H24N4O3S/c1-3-7-20-8-4-5-15-12(18)10-11(14)17-13(21-10)16-6-9-19-2/h3-9,14H2,1-2H3,(H,15,18)(H,16,17). The van der Waals surface area contributed by atoms with Crippen molar-refractivity contribution in [2.75, 3.05) is 51.1 Å². The molecule has 8 heteroatoms. The Morgan fingerprint density at radius 1 is 1.33 bits per heavy atom. The fraction of sp³-hybridized carbons (Fsp3) is 0.692. The zero-order valence-corrected chi connectivity index (χ0v) is 13.4. The van der Waals surface area contributed by atoms with Gasteiger partial charge in [0.15, 0.2) is 5.13 Å². The molecule has 1 aromatic heterocycles. The minimum Gasteiger partial charge on any atom is -0.383 e. The average molecular weight is 316 g/mol. The highest BCUT2D eigenvalue weighted by Gasteiger charge is 2.15. The third kappa shape index (κ3) is 6.74. The van der Waals surface area contributed by atoms with Crippen LogP contribution in [0.25, 0.3) is 0 Å². The van der Waals surface area contributed by atoms with E-state index >= 15 is 0 Å². The summed E-state index contributed by atoms with van der Waals surface area (Å²) in [4.78, 5) is 16.5. The highest BCUT2D eigenvalue weighted by molar-refractivity contribution is 7.18. The summed E-state index contributed by atoms with van der Waals surface area (Å²) in [7, 11) is 1.63. The van der Waals surface area contributed by atoms with E-state index in [9.17, 15) is 4.79 Å². The number of nitrogens with zero attached hydrogens (tertiary/aromatic N) is 1. The zero-order chi connectivity index (χ0) is 15.5. The van der Waals surface area contributed by atoms with Crippen LogP contribution in [0.5, 0.6) is 0 Å². The van der Waals surface area contributed by atoms with Gasteiger partial charge in [0.05, 0.1) is 6.61 Å². The number of nitrogens with two attached hydrogens (primary N) is 1. The van der Waals surface area contributed by atoms with E-state index in [4.69, 9.17) is 15.2 Å². The molecule has 0 unspecified atom stereocenters. The highest BCUT2D eigenvalue weighted by atomic mass is 32.1. The van der Waals surface area contributed by atoms with Crippen LogP contribution in [-0.4, -0.2) is 50.9 Å². The van der Waals surface area contributed by atoms with Gasteiger partial charge in [-0.1, -0.05) is 18.3 Å². The number of methoxy groups -OCH3 is 1. The van der Waals surface area contributed by atoms with Crippen LogP contribution in [-0.2, 0) is 9.47 Å². The summed E-state index contributed by atoms with van der Waals surface area (Å²) >= 11 is 1.24. The van der Waals surface area contributed by atoms with Gasteiger partial charge in [0.2, 0.25) is 0 Å². The van der Waals surface area contributed by atoms with E-state index < -0.39 is 0 Å². The van der Waals surface area contributed by atoms with Crippen molar-refractivity contribution in [3.63, 3.8) is 0 Å². The number of aromatic nitrogens is 1. The second-order valence-corrected chi connectivity index (χ2v) is 5.37. The van der Waals surface area contributed by atoms with Crippen molar-refractivity contribution in [3.8, 4) is 0 Å². The molecule has 4 N–H and O–H groups in total. The number of nitrogen functional groups attached to an aromatic ring is 1. The first-order valence-corrected chi connectivity index (χ1v) is 7.85. The van der Waals surface area contributed by atoms with Crippen LogP contribution in [0.2, 0.25) is 0 Å². The quantitative estimate of drug-likeness (QED) is 0.533. The molecule has 1 amide bonds. The Morgan fingerprint density at radius 2 is 2.14 bits per heavy atom. The molecule has 0 spiro atoms. The van der Waals surface area contributed by atoms with Crippen molar-refractivity contribution in [2.45, 2.75) is 19.8 Å². The molecular formula is C13H24N4O3S. The summed E-state index contributed by atoms with van der Waals surface area (Å²) in [6, 6.07) is 0. The molecule has 1 aromatic rings. The van der Waals surface area contributed by atoms with Crippen molar-refractivity contribution in [1.29, 1.82) is 0 Å². The highest BCUT2D eigenvalue weighted by Crippen LogP contribution is 2.24. The monoisotopic (exact) mass is 316 g/mol. The molecule has 120 valence electrons. The molecule has 0 aliphatic rings. The summed E-state index contributed by atoms with van der Waals surface area (Å²) in [5.41, 5.74) is 5.76. The van der Waals surface area contributed by atoms with E-state index in [0.717, 1.165) is 19.4 Å². The maximum absolute atomic E-state index is 12.0. The van der Waals surface area contributed by atoms with Crippen LogP contribution in [0, 0.1) is 0 Å². The molecule has 0 aliphatic carbocycles. The number of nitrogens with one attached hydrogen (secondary N) is 2. The van der Waals surface area contributed by atoms with Crippen molar-refractivity contribution in [1.82, 2.24) is 10.3 Å². The number of carbonyl (C=O) groups excluding carboxylic acids is 1. The number of ether oxygens (including phenoxy) is 2. The third-order valence-corrected chi connectivity index (χ3v) is 3.57. The fourth-order valence-electron chi connectivity index (χ4n) is 1.53. The Balaban J connectivity index is 2.32. The number of anilines is 2. The zero-order valence-electron chi connectivity index (χ0n) is 12.6. The molecule has 0 aromatic carbocycles.